The van der Waals surface area contributed by atoms with E-state index in [1.54, 1.807) is 0 Å². The molecule has 3 aliphatic heterocycles. The predicted molar refractivity (Wildman–Crippen MR) is 39.3 cm³/mol. The molecule has 0 unspecified atom stereocenters. The van der Waals surface area contributed by atoms with Crippen LogP contribution in [0.1, 0.15) is 12.8 Å². The van der Waals surface area contributed by atoms with Crippen molar-refractivity contribution in [2.24, 2.45) is 0 Å². The van der Waals surface area contributed by atoms with Crippen molar-refractivity contribution in [1.82, 2.24) is 4.90 Å². The van der Waals surface area contributed by atoms with E-state index in [-0.39, 0.29) is 12.2 Å². The topological polar surface area (TPSA) is 36.0 Å². The van der Waals surface area contributed by atoms with Gasteiger partial charge in [0.1, 0.15) is 11.7 Å². The van der Waals surface area contributed by atoms with E-state index in [1.165, 1.54) is 19.4 Å². The summed E-state index contributed by atoms with van der Waals surface area (Å²) in [7, 11) is 0. The molecule has 11 heavy (non-hydrogen) atoms. The van der Waals surface area contributed by atoms with Gasteiger partial charge in [0.05, 0.1) is 6.61 Å². The molecule has 3 heterocycles. The largest absolute Gasteiger partial charge is 0.393 e. The predicted octanol–water partition coefficient (Wildman–Crippen LogP) is -0.406. The van der Waals surface area contributed by atoms with Gasteiger partial charge in [-0.1, -0.05) is 0 Å². The Morgan fingerprint density at radius 3 is 3.36 bits per heavy atom. The maximum Gasteiger partial charge on any atom is 0.134 e. The smallest absolute Gasteiger partial charge is 0.134 e. The average molecular weight is 155 g/mol. The first-order valence-electron chi connectivity index (χ1n) is 4.39. The Bertz CT molecular complexity index is 193. The summed E-state index contributed by atoms with van der Waals surface area (Å²) in [6.45, 7) is 2.50. The highest BCUT2D eigenvalue weighted by atomic mass is 16.6. The maximum atomic E-state index is 9.16. The summed E-state index contributed by atoms with van der Waals surface area (Å²) in [4.78, 5) is 2.46. The quantitative estimate of drug-likeness (QED) is 0.523. The summed E-state index contributed by atoms with van der Waals surface area (Å²) in [6.07, 6.45) is 2.86. The van der Waals surface area contributed by atoms with Crippen molar-refractivity contribution in [3.8, 4) is 0 Å². The van der Waals surface area contributed by atoms with Crippen LogP contribution in [0.4, 0.5) is 0 Å². The number of aliphatic hydroxyl groups excluding tert-OH is 1. The fourth-order valence-corrected chi connectivity index (χ4v) is 2.77. The summed E-state index contributed by atoms with van der Waals surface area (Å²) in [5, 5.41) is 9.16. The standard InChI is InChI=1S/C8H13NO2/c10-5-8-6-2-1-3-9(6)4-7(8)11-8/h6-7,10H,1-5H2/t6-,7-,8+/m0/s1. The third kappa shape index (κ3) is 0.604. The van der Waals surface area contributed by atoms with Crippen LogP contribution in [0.3, 0.4) is 0 Å². The van der Waals surface area contributed by atoms with Crippen molar-refractivity contribution < 1.29 is 9.84 Å². The molecule has 0 radical (unpaired) electrons. The molecule has 3 atom stereocenters. The van der Waals surface area contributed by atoms with Crippen LogP contribution in [0.2, 0.25) is 0 Å². The summed E-state index contributed by atoms with van der Waals surface area (Å²) in [6, 6.07) is 0.539. The highest BCUT2D eigenvalue weighted by Crippen LogP contribution is 2.51. The second kappa shape index (κ2) is 1.79. The van der Waals surface area contributed by atoms with Crippen molar-refractivity contribution in [2.45, 2.75) is 30.6 Å². The first-order chi connectivity index (χ1) is 5.37. The number of nitrogens with zero attached hydrogens (tertiary/aromatic N) is 1. The molecule has 0 aromatic carbocycles. The van der Waals surface area contributed by atoms with E-state index >= 15 is 0 Å². The molecule has 0 aliphatic carbocycles. The first kappa shape index (κ1) is 6.40. The van der Waals surface area contributed by atoms with E-state index in [4.69, 9.17) is 9.84 Å². The normalized spacial score (nSPS) is 54.3. The number of fused-ring (bicyclic) bond motifs is 3. The van der Waals surface area contributed by atoms with Crippen molar-refractivity contribution >= 4 is 0 Å². The van der Waals surface area contributed by atoms with Crippen molar-refractivity contribution in [1.29, 1.82) is 0 Å². The van der Waals surface area contributed by atoms with Crippen molar-refractivity contribution in [3.63, 3.8) is 0 Å². The fraction of sp³-hybridized carbons (Fsp3) is 1.00. The Morgan fingerprint density at radius 2 is 2.55 bits per heavy atom. The van der Waals surface area contributed by atoms with Gasteiger partial charge in [0.25, 0.3) is 0 Å². The first-order valence-corrected chi connectivity index (χ1v) is 4.39. The third-order valence-electron chi connectivity index (χ3n) is 3.42. The minimum atomic E-state index is -0.115. The van der Waals surface area contributed by atoms with Gasteiger partial charge >= 0.3 is 0 Å². The molecule has 0 aromatic heterocycles. The van der Waals surface area contributed by atoms with Gasteiger partial charge in [-0.05, 0) is 19.4 Å². The molecule has 3 heteroatoms. The molecule has 1 N–H and O–H groups in total. The second-order valence-electron chi connectivity index (χ2n) is 3.87. The Kier molecular flexibility index (Phi) is 1.04. The Hall–Kier alpha value is -0.120. The zero-order valence-electron chi connectivity index (χ0n) is 6.49. The lowest BCUT2D eigenvalue weighted by atomic mass is 9.99. The van der Waals surface area contributed by atoms with Crippen LogP contribution < -0.4 is 0 Å². The minimum Gasteiger partial charge on any atom is -0.393 e. The van der Waals surface area contributed by atoms with Crippen LogP contribution in [-0.4, -0.2) is 47.4 Å². The monoisotopic (exact) mass is 155 g/mol. The number of rotatable bonds is 1. The van der Waals surface area contributed by atoms with E-state index in [9.17, 15) is 0 Å². The van der Waals surface area contributed by atoms with Crippen LogP contribution in [0.15, 0.2) is 0 Å². The average Bonchev–Trinajstić information content (AvgIpc) is 2.44. The van der Waals surface area contributed by atoms with Gasteiger partial charge in [0.2, 0.25) is 0 Å². The van der Waals surface area contributed by atoms with E-state index in [0.29, 0.717) is 12.1 Å². The molecule has 0 amide bonds. The zero-order valence-corrected chi connectivity index (χ0v) is 6.49. The van der Waals surface area contributed by atoms with E-state index in [2.05, 4.69) is 4.90 Å². The summed E-state index contributed by atoms with van der Waals surface area (Å²) < 4.78 is 5.51. The molecule has 3 fully saturated rings. The molecule has 3 aliphatic rings. The van der Waals surface area contributed by atoms with Gasteiger partial charge in [-0.2, -0.15) is 0 Å². The van der Waals surface area contributed by atoms with Crippen molar-refractivity contribution in [2.75, 3.05) is 19.7 Å². The second-order valence-corrected chi connectivity index (χ2v) is 3.87. The molecular formula is C8H13NO2. The number of hydrogen-bond donors (Lipinski definition) is 1. The van der Waals surface area contributed by atoms with Crippen LogP contribution in [0.5, 0.6) is 0 Å². The van der Waals surface area contributed by atoms with E-state index in [0.717, 1.165) is 6.54 Å². The zero-order chi connectivity index (χ0) is 7.47. The van der Waals surface area contributed by atoms with Gasteiger partial charge in [-0.25, -0.2) is 0 Å². The molecule has 3 saturated heterocycles. The minimum absolute atomic E-state index is 0.115. The molecule has 62 valence electrons. The van der Waals surface area contributed by atoms with Crippen LogP contribution in [0, 0.1) is 0 Å². The fourth-order valence-electron chi connectivity index (χ4n) is 2.77. The SMILES string of the molecule is OC[C@]12O[C@H]1CN1CCC[C@H]12. The van der Waals surface area contributed by atoms with Crippen LogP contribution in [0.25, 0.3) is 0 Å². The lowest BCUT2D eigenvalue weighted by Gasteiger charge is -2.21. The highest BCUT2D eigenvalue weighted by Gasteiger charge is 2.68. The van der Waals surface area contributed by atoms with Gasteiger partial charge in [0, 0.05) is 12.6 Å². The lowest BCUT2D eigenvalue weighted by molar-refractivity contribution is 0.0839. The third-order valence-corrected chi connectivity index (χ3v) is 3.42. The summed E-state index contributed by atoms with van der Waals surface area (Å²) >= 11 is 0. The molecular weight excluding hydrogens is 142 g/mol. The maximum absolute atomic E-state index is 9.16. The lowest BCUT2D eigenvalue weighted by Crippen LogP contribution is -2.37. The summed E-state index contributed by atoms with van der Waals surface area (Å²) in [5.74, 6) is 0. The Morgan fingerprint density at radius 1 is 1.64 bits per heavy atom. The van der Waals surface area contributed by atoms with Gasteiger partial charge in [0.15, 0.2) is 0 Å². The molecule has 0 aromatic rings. The Balaban J connectivity index is 1.89. The van der Waals surface area contributed by atoms with Gasteiger partial charge in [-0.3, -0.25) is 4.90 Å². The number of epoxide rings is 1. The number of morpholine rings is 1. The van der Waals surface area contributed by atoms with E-state index in [1.807, 2.05) is 0 Å². The number of hydrogen-bond acceptors (Lipinski definition) is 3. The van der Waals surface area contributed by atoms with Gasteiger partial charge < -0.3 is 9.84 Å². The van der Waals surface area contributed by atoms with E-state index < -0.39 is 0 Å². The molecule has 0 saturated carbocycles. The van der Waals surface area contributed by atoms with Crippen LogP contribution in [-0.2, 0) is 4.74 Å². The number of ether oxygens (including phenoxy) is 1. The summed E-state index contributed by atoms with van der Waals surface area (Å²) in [5.41, 5.74) is -0.115. The molecule has 0 bridgehead atoms. The molecule has 3 nitrogen and oxygen atoms in total. The van der Waals surface area contributed by atoms with Crippen LogP contribution >= 0.6 is 0 Å². The Labute approximate surface area is 65.9 Å². The molecule has 0 spiro atoms. The van der Waals surface area contributed by atoms with Gasteiger partial charge in [-0.15, -0.1) is 0 Å². The highest BCUT2D eigenvalue weighted by molar-refractivity contribution is 5.19. The molecule has 3 rings (SSSR count). The number of aliphatic hydroxyl groups is 1. The van der Waals surface area contributed by atoms with Crippen molar-refractivity contribution in [3.05, 3.63) is 0 Å².